The summed E-state index contributed by atoms with van der Waals surface area (Å²) in [4.78, 5) is 11.6. The second kappa shape index (κ2) is 3.36. The predicted octanol–water partition coefficient (Wildman–Crippen LogP) is 1.65. The zero-order valence-corrected chi connectivity index (χ0v) is 8.96. The third-order valence-corrected chi connectivity index (χ3v) is 2.77. The summed E-state index contributed by atoms with van der Waals surface area (Å²) in [6.45, 7) is 1.57. The minimum Gasteiger partial charge on any atom is -0.356 e. The summed E-state index contributed by atoms with van der Waals surface area (Å²) in [5.74, 6) is -0.115. The van der Waals surface area contributed by atoms with Crippen molar-refractivity contribution in [2.75, 3.05) is 0 Å². The van der Waals surface area contributed by atoms with E-state index in [0.717, 1.165) is 0 Å². The highest BCUT2D eigenvalue weighted by Gasteiger charge is 2.41. The first-order valence-corrected chi connectivity index (χ1v) is 5.08. The Bertz CT molecular complexity index is 376. The van der Waals surface area contributed by atoms with Gasteiger partial charge in [0, 0.05) is 38.3 Å². The Morgan fingerprint density at radius 1 is 1.67 bits per heavy atom. The van der Waals surface area contributed by atoms with Crippen LogP contribution in [0.1, 0.15) is 30.1 Å². The van der Waals surface area contributed by atoms with Crippen LogP contribution in [-0.2, 0) is 7.05 Å². The van der Waals surface area contributed by atoms with Crippen LogP contribution in [-0.4, -0.2) is 22.2 Å². The number of nitrogens with zero attached hydrogens (tertiary/aromatic N) is 1. The Morgan fingerprint density at radius 2 is 2.33 bits per heavy atom. The monoisotopic (exact) mass is 210 g/mol. The van der Waals surface area contributed by atoms with E-state index in [2.05, 4.69) is 5.32 Å². The standard InChI is InChI=1S/C11H15FN2O/c1-11(12)5-9(6-11)13-10(15)8-3-4-14(2)7-8/h3-4,7,9H,5-6H2,1-2H3,(H,13,15). The molecule has 4 heteroatoms. The number of hydrogen-bond donors (Lipinski definition) is 1. The van der Waals surface area contributed by atoms with Crippen molar-refractivity contribution in [3.05, 3.63) is 24.0 Å². The zero-order chi connectivity index (χ0) is 11.1. The van der Waals surface area contributed by atoms with Gasteiger partial charge in [-0.15, -0.1) is 0 Å². The molecule has 82 valence electrons. The van der Waals surface area contributed by atoms with Gasteiger partial charge in [0.2, 0.25) is 0 Å². The van der Waals surface area contributed by atoms with E-state index in [4.69, 9.17) is 0 Å². The summed E-state index contributed by atoms with van der Waals surface area (Å²) >= 11 is 0. The van der Waals surface area contributed by atoms with Gasteiger partial charge in [-0.05, 0) is 13.0 Å². The van der Waals surface area contributed by atoms with Gasteiger partial charge in [-0.3, -0.25) is 4.79 Å². The van der Waals surface area contributed by atoms with Gasteiger partial charge in [0.15, 0.2) is 0 Å². The van der Waals surface area contributed by atoms with Gasteiger partial charge in [-0.2, -0.15) is 0 Å². The molecule has 1 aromatic rings. The molecule has 1 amide bonds. The van der Waals surface area contributed by atoms with E-state index in [1.807, 2.05) is 17.8 Å². The Hall–Kier alpha value is -1.32. The fourth-order valence-electron chi connectivity index (χ4n) is 1.98. The molecule has 1 N–H and O–H groups in total. The average Bonchev–Trinajstić information content (AvgIpc) is 2.48. The molecule has 1 saturated carbocycles. The van der Waals surface area contributed by atoms with E-state index in [0.29, 0.717) is 18.4 Å². The van der Waals surface area contributed by atoms with Crippen LogP contribution in [0.15, 0.2) is 18.5 Å². The van der Waals surface area contributed by atoms with Crippen molar-refractivity contribution in [1.29, 1.82) is 0 Å². The van der Waals surface area contributed by atoms with Gasteiger partial charge in [0.1, 0.15) is 5.67 Å². The second-order valence-corrected chi connectivity index (χ2v) is 4.56. The molecule has 2 rings (SSSR count). The van der Waals surface area contributed by atoms with Crippen molar-refractivity contribution in [3.8, 4) is 0 Å². The number of rotatable bonds is 2. The minimum absolute atomic E-state index is 0.00675. The van der Waals surface area contributed by atoms with Gasteiger partial charge < -0.3 is 9.88 Å². The summed E-state index contributed by atoms with van der Waals surface area (Å²) in [6, 6.07) is 1.75. The molecule has 1 aliphatic carbocycles. The summed E-state index contributed by atoms with van der Waals surface area (Å²) in [6.07, 6.45) is 4.41. The number of carbonyl (C=O) groups is 1. The summed E-state index contributed by atoms with van der Waals surface area (Å²) in [5.41, 5.74) is -0.459. The fraction of sp³-hybridized carbons (Fsp3) is 0.545. The van der Waals surface area contributed by atoms with Gasteiger partial charge in [0.05, 0.1) is 5.56 Å². The number of halogens is 1. The van der Waals surface area contributed by atoms with Crippen molar-refractivity contribution < 1.29 is 9.18 Å². The van der Waals surface area contributed by atoms with Gasteiger partial charge in [0.25, 0.3) is 5.91 Å². The van der Waals surface area contributed by atoms with Gasteiger partial charge in [-0.1, -0.05) is 0 Å². The van der Waals surface area contributed by atoms with Crippen molar-refractivity contribution in [2.24, 2.45) is 7.05 Å². The Kier molecular flexibility index (Phi) is 2.29. The molecule has 0 bridgehead atoms. The SMILES string of the molecule is Cn1ccc(C(=O)NC2CC(C)(F)C2)c1. The number of amides is 1. The van der Waals surface area contributed by atoms with E-state index in [1.165, 1.54) is 0 Å². The highest BCUT2D eigenvalue weighted by atomic mass is 19.1. The zero-order valence-electron chi connectivity index (χ0n) is 8.96. The number of aryl methyl sites for hydroxylation is 1. The van der Waals surface area contributed by atoms with Crippen molar-refractivity contribution in [3.63, 3.8) is 0 Å². The number of hydrogen-bond acceptors (Lipinski definition) is 1. The lowest BCUT2D eigenvalue weighted by atomic mass is 9.79. The smallest absolute Gasteiger partial charge is 0.253 e. The van der Waals surface area contributed by atoms with Crippen molar-refractivity contribution in [2.45, 2.75) is 31.5 Å². The lowest BCUT2D eigenvalue weighted by Crippen LogP contribution is -2.51. The summed E-state index contributed by atoms with van der Waals surface area (Å²) < 4.78 is 15.0. The molecule has 0 saturated heterocycles. The molecule has 1 heterocycles. The normalized spacial score (nSPS) is 29.7. The molecule has 0 aliphatic heterocycles. The van der Waals surface area contributed by atoms with Crippen molar-refractivity contribution >= 4 is 5.91 Å². The molecule has 1 fully saturated rings. The summed E-state index contributed by atoms with van der Waals surface area (Å²) in [5, 5.41) is 2.81. The maximum absolute atomic E-state index is 13.2. The van der Waals surface area contributed by atoms with Crippen LogP contribution < -0.4 is 5.32 Å². The molecule has 1 aromatic heterocycles. The van der Waals surface area contributed by atoms with E-state index in [9.17, 15) is 9.18 Å². The molecule has 0 aromatic carbocycles. The van der Waals surface area contributed by atoms with Crippen molar-refractivity contribution in [1.82, 2.24) is 9.88 Å². The molecular formula is C11H15FN2O. The third kappa shape index (κ3) is 2.19. The molecule has 15 heavy (non-hydrogen) atoms. The van der Waals surface area contributed by atoms with Crippen LogP contribution in [0.2, 0.25) is 0 Å². The van der Waals surface area contributed by atoms with Gasteiger partial charge in [-0.25, -0.2) is 4.39 Å². The first-order chi connectivity index (χ1) is 6.96. The Labute approximate surface area is 88.3 Å². The molecule has 3 nitrogen and oxygen atoms in total. The average molecular weight is 210 g/mol. The van der Waals surface area contributed by atoms with E-state index < -0.39 is 5.67 Å². The maximum Gasteiger partial charge on any atom is 0.253 e. The first kappa shape index (κ1) is 10.2. The van der Waals surface area contributed by atoms with Crippen LogP contribution >= 0.6 is 0 Å². The maximum atomic E-state index is 13.2. The number of aromatic nitrogens is 1. The quantitative estimate of drug-likeness (QED) is 0.791. The Balaban J connectivity index is 1.89. The highest BCUT2D eigenvalue weighted by molar-refractivity contribution is 5.94. The van der Waals surface area contributed by atoms with Crippen LogP contribution in [0.4, 0.5) is 4.39 Å². The highest BCUT2D eigenvalue weighted by Crippen LogP contribution is 2.35. The van der Waals surface area contributed by atoms with E-state index in [1.54, 1.807) is 19.2 Å². The molecule has 1 aliphatic rings. The minimum atomic E-state index is -1.09. The molecule has 0 atom stereocenters. The molecule has 0 spiro atoms. The van der Waals surface area contributed by atoms with Crippen LogP contribution in [0, 0.1) is 0 Å². The second-order valence-electron chi connectivity index (χ2n) is 4.56. The van der Waals surface area contributed by atoms with Crippen LogP contribution in [0.5, 0.6) is 0 Å². The lowest BCUT2D eigenvalue weighted by Gasteiger charge is -2.38. The topological polar surface area (TPSA) is 34.0 Å². The fourth-order valence-corrected chi connectivity index (χ4v) is 1.98. The number of alkyl halides is 1. The lowest BCUT2D eigenvalue weighted by molar-refractivity contribution is 0.0445. The third-order valence-electron chi connectivity index (χ3n) is 2.77. The van der Waals surface area contributed by atoms with Crippen LogP contribution in [0.25, 0.3) is 0 Å². The predicted molar refractivity (Wildman–Crippen MR) is 55.4 cm³/mol. The molecular weight excluding hydrogens is 195 g/mol. The largest absolute Gasteiger partial charge is 0.356 e. The van der Waals surface area contributed by atoms with E-state index >= 15 is 0 Å². The Morgan fingerprint density at radius 3 is 2.80 bits per heavy atom. The first-order valence-electron chi connectivity index (χ1n) is 5.08. The molecule has 0 unspecified atom stereocenters. The number of nitrogens with one attached hydrogen (secondary N) is 1. The summed E-state index contributed by atoms with van der Waals surface area (Å²) in [7, 11) is 1.86. The van der Waals surface area contributed by atoms with E-state index in [-0.39, 0.29) is 11.9 Å². The van der Waals surface area contributed by atoms with Gasteiger partial charge >= 0.3 is 0 Å². The van der Waals surface area contributed by atoms with Crippen LogP contribution in [0.3, 0.4) is 0 Å². The molecule has 0 radical (unpaired) electrons. The number of carbonyl (C=O) groups excluding carboxylic acids is 1.